The highest BCUT2D eigenvalue weighted by atomic mass is 35.5. The molecule has 0 aliphatic heterocycles. The lowest BCUT2D eigenvalue weighted by Crippen LogP contribution is -2.27. The first-order chi connectivity index (χ1) is 8.65. The van der Waals surface area contributed by atoms with Gasteiger partial charge in [-0.05, 0) is 18.6 Å². The van der Waals surface area contributed by atoms with Crippen molar-refractivity contribution in [1.82, 2.24) is 5.32 Å². The first-order valence-corrected chi connectivity index (χ1v) is 6.26. The van der Waals surface area contributed by atoms with Crippen LogP contribution in [0, 0.1) is 0 Å². The molecule has 18 heavy (non-hydrogen) atoms. The van der Waals surface area contributed by atoms with Gasteiger partial charge in [0.05, 0.1) is 16.3 Å². The van der Waals surface area contributed by atoms with Gasteiger partial charge in [-0.15, -0.1) is 0 Å². The van der Waals surface area contributed by atoms with Crippen LogP contribution in [0.15, 0.2) is 23.4 Å². The van der Waals surface area contributed by atoms with Crippen molar-refractivity contribution < 1.29 is 9.63 Å². The Kier molecular flexibility index (Phi) is 6.54. The summed E-state index contributed by atoms with van der Waals surface area (Å²) < 4.78 is 0. The predicted octanol–water partition coefficient (Wildman–Crippen LogP) is 2.87. The van der Waals surface area contributed by atoms with E-state index in [-0.39, 0.29) is 12.5 Å². The van der Waals surface area contributed by atoms with E-state index in [1.54, 1.807) is 18.2 Å². The van der Waals surface area contributed by atoms with Crippen LogP contribution in [0.3, 0.4) is 0 Å². The van der Waals surface area contributed by atoms with Crippen LogP contribution in [0.1, 0.15) is 18.9 Å². The molecule has 0 saturated heterocycles. The van der Waals surface area contributed by atoms with Gasteiger partial charge in [0.15, 0.2) is 6.61 Å². The quantitative estimate of drug-likeness (QED) is 0.646. The summed E-state index contributed by atoms with van der Waals surface area (Å²) >= 11 is 11.9. The van der Waals surface area contributed by atoms with Crippen molar-refractivity contribution >= 4 is 35.3 Å². The maximum Gasteiger partial charge on any atom is 0.260 e. The number of oxime groups is 1. The molecule has 1 rings (SSSR count). The SMILES string of the molecule is CCCNC(=O)CON=Cc1c(Cl)cccc1Cl. The van der Waals surface area contributed by atoms with Gasteiger partial charge in [-0.2, -0.15) is 0 Å². The number of nitrogens with one attached hydrogen (secondary N) is 1. The second-order valence-electron chi connectivity index (χ2n) is 3.49. The number of carbonyl (C=O) groups is 1. The monoisotopic (exact) mass is 288 g/mol. The lowest BCUT2D eigenvalue weighted by molar-refractivity contribution is -0.125. The van der Waals surface area contributed by atoms with Crippen LogP contribution in [-0.4, -0.2) is 25.3 Å². The Morgan fingerprint density at radius 1 is 1.44 bits per heavy atom. The normalized spacial score (nSPS) is 10.6. The Balaban J connectivity index is 2.43. The van der Waals surface area contributed by atoms with E-state index in [0.29, 0.717) is 22.2 Å². The molecule has 0 aliphatic rings. The van der Waals surface area contributed by atoms with Gasteiger partial charge in [0, 0.05) is 12.1 Å². The summed E-state index contributed by atoms with van der Waals surface area (Å²) in [7, 11) is 0. The minimum atomic E-state index is -0.209. The minimum absolute atomic E-state index is 0.126. The fraction of sp³-hybridized carbons (Fsp3) is 0.333. The standard InChI is InChI=1S/C12H14Cl2N2O2/c1-2-6-15-12(17)8-18-16-7-9-10(13)4-3-5-11(9)14/h3-5,7H,2,6,8H2,1H3,(H,15,17). The van der Waals surface area contributed by atoms with E-state index in [2.05, 4.69) is 10.5 Å². The second-order valence-corrected chi connectivity index (χ2v) is 4.31. The van der Waals surface area contributed by atoms with E-state index in [9.17, 15) is 4.79 Å². The summed E-state index contributed by atoms with van der Waals surface area (Å²) in [6, 6.07) is 5.13. The van der Waals surface area contributed by atoms with Gasteiger partial charge in [0.1, 0.15) is 0 Å². The van der Waals surface area contributed by atoms with E-state index in [4.69, 9.17) is 28.0 Å². The molecule has 0 atom stereocenters. The number of halogens is 2. The molecule has 1 aromatic carbocycles. The molecular weight excluding hydrogens is 275 g/mol. The van der Waals surface area contributed by atoms with Gasteiger partial charge < -0.3 is 10.2 Å². The largest absolute Gasteiger partial charge is 0.386 e. The number of carbonyl (C=O) groups excluding carboxylic acids is 1. The fourth-order valence-corrected chi connectivity index (χ4v) is 1.63. The molecule has 1 N–H and O–H groups in total. The molecule has 98 valence electrons. The molecule has 0 saturated carbocycles. The number of nitrogens with zero attached hydrogens (tertiary/aromatic N) is 1. The minimum Gasteiger partial charge on any atom is -0.386 e. The zero-order valence-electron chi connectivity index (χ0n) is 9.95. The Morgan fingerprint density at radius 2 is 2.11 bits per heavy atom. The van der Waals surface area contributed by atoms with Crippen molar-refractivity contribution in [3.05, 3.63) is 33.8 Å². The van der Waals surface area contributed by atoms with Crippen molar-refractivity contribution in [2.45, 2.75) is 13.3 Å². The highest BCUT2D eigenvalue weighted by Crippen LogP contribution is 2.22. The smallest absolute Gasteiger partial charge is 0.260 e. The first-order valence-electron chi connectivity index (χ1n) is 5.51. The predicted molar refractivity (Wildman–Crippen MR) is 73.3 cm³/mol. The average molecular weight is 289 g/mol. The Labute approximate surface area is 116 Å². The van der Waals surface area contributed by atoms with E-state index in [1.165, 1.54) is 6.21 Å². The maximum atomic E-state index is 11.2. The lowest BCUT2D eigenvalue weighted by Gasteiger charge is -2.02. The molecule has 0 unspecified atom stereocenters. The van der Waals surface area contributed by atoms with Crippen LogP contribution in [0.2, 0.25) is 10.0 Å². The van der Waals surface area contributed by atoms with E-state index in [0.717, 1.165) is 6.42 Å². The highest BCUT2D eigenvalue weighted by Gasteiger charge is 2.03. The van der Waals surface area contributed by atoms with Gasteiger partial charge >= 0.3 is 0 Å². The van der Waals surface area contributed by atoms with Crippen LogP contribution in [0.4, 0.5) is 0 Å². The summed E-state index contributed by atoms with van der Waals surface area (Å²) in [6.07, 6.45) is 2.27. The van der Waals surface area contributed by atoms with Crippen LogP contribution >= 0.6 is 23.2 Å². The molecule has 6 heteroatoms. The molecule has 0 aromatic heterocycles. The number of amides is 1. The number of benzene rings is 1. The van der Waals surface area contributed by atoms with Gasteiger partial charge in [-0.1, -0.05) is 41.3 Å². The Bertz CT molecular complexity index is 416. The molecule has 0 fully saturated rings. The zero-order chi connectivity index (χ0) is 13.4. The molecule has 1 amide bonds. The van der Waals surface area contributed by atoms with E-state index >= 15 is 0 Å². The van der Waals surface area contributed by atoms with E-state index in [1.807, 2.05) is 6.92 Å². The van der Waals surface area contributed by atoms with Crippen LogP contribution in [0.25, 0.3) is 0 Å². The number of rotatable bonds is 6. The summed E-state index contributed by atoms with van der Waals surface area (Å²) in [5, 5.41) is 7.27. The van der Waals surface area contributed by atoms with Crippen LogP contribution in [-0.2, 0) is 9.63 Å². The molecular formula is C12H14Cl2N2O2. The Morgan fingerprint density at radius 3 is 2.72 bits per heavy atom. The topological polar surface area (TPSA) is 50.7 Å². The molecule has 0 radical (unpaired) electrons. The molecule has 1 aromatic rings. The summed E-state index contributed by atoms with van der Waals surface area (Å²) in [5.41, 5.74) is 0.565. The van der Waals surface area contributed by atoms with Gasteiger partial charge in [0.25, 0.3) is 5.91 Å². The van der Waals surface area contributed by atoms with Crippen molar-refractivity contribution in [3.63, 3.8) is 0 Å². The van der Waals surface area contributed by atoms with Gasteiger partial charge in [-0.25, -0.2) is 0 Å². The number of hydrogen-bond donors (Lipinski definition) is 1. The third-order valence-electron chi connectivity index (χ3n) is 2.02. The average Bonchev–Trinajstić information content (AvgIpc) is 2.35. The molecule has 0 bridgehead atoms. The van der Waals surface area contributed by atoms with E-state index < -0.39 is 0 Å². The van der Waals surface area contributed by atoms with Crippen molar-refractivity contribution in [3.8, 4) is 0 Å². The second kappa shape index (κ2) is 7.95. The van der Waals surface area contributed by atoms with Crippen molar-refractivity contribution in [2.24, 2.45) is 5.16 Å². The lowest BCUT2D eigenvalue weighted by atomic mass is 10.2. The van der Waals surface area contributed by atoms with Gasteiger partial charge in [0.2, 0.25) is 0 Å². The maximum absolute atomic E-state index is 11.2. The number of hydrogen-bond acceptors (Lipinski definition) is 3. The van der Waals surface area contributed by atoms with Crippen LogP contribution < -0.4 is 5.32 Å². The molecule has 4 nitrogen and oxygen atoms in total. The first kappa shape index (κ1) is 14.8. The zero-order valence-corrected chi connectivity index (χ0v) is 11.5. The van der Waals surface area contributed by atoms with Crippen molar-refractivity contribution in [1.29, 1.82) is 0 Å². The summed E-state index contributed by atoms with van der Waals surface area (Å²) in [6.45, 7) is 2.47. The molecule has 0 spiro atoms. The summed E-state index contributed by atoms with van der Waals surface area (Å²) in [4.78, 5) is 16.0. The fourth-order valence-electron chi connectivity index (χ4n) is 1.14. The third kappa shape index (κ3) is 4.94. The third-order valence-corrected chi connectivity index (χ3v) is 2.68. The highest BCUT2D eigenvalue weighted by molar-refractivity contribution is 6.38. The van der Waals surface area contributed by atoms with Crippen molar-refractivity contribution in [2.75, 3.05) is 13.2 Å². The molecule has 0 heterocycles. The molecule has 0 aliphatic carbocycles. The summed E-state index contributed by atoms with van der Waals surface area (Å²) in [5.74, 6) is -0.209. The van der Waals surface area contributed by atoms with Gasteiger partial charge in [-0.3, -0.25) is 4.79 Å². The Hall–Kier alpha value is -1.26. The van der Waals surface area contributed by atoms with Crippen LogP contribution in [0.5, 0.6) is 0 Å².